The SMILES string of the molecule is COC(CN)C(=O)Nc1cc(C(C)(C)C)[nH]n1. The van der Waals surface area contributed by atoms with Crippen molar-refractivity contribution in [2.24, 2.45) is 5.73 Å². The predicted molar refractivity (Wildman–Crippen MR) is 65.8 cm³/mol. The van der Waals surface area contributed by atoms with Gasteiger partial charge in [0.15, 0.2) is 5.82 Å². The number of aromatic nitrogens is 2. The Morgan fingerprint density at radius 1 is 1.65 bits per heavy atom. The Bertz CT molecular complexity index is 377. The van der Waals surface area contributed by atoms with E-state index in [4.69, 9.17) is 10.5 Å². The molecule has 0 aliphatic rings. The monoisotopic (exact) mass is 240 g/mol. The van der Waals surface area contributed by atoms with Gasteiger partial charge in [0.05, 0.1) is 0 Å². The van der Waals surface area contributed by atoms with Gasteiger partial charge in [-0.2, -0.15) is 5.10 Å². The molecule has 0 aliphatic heterocycles. The van der Waals surface area contributed by atoms with E-state index in [9.17, 15) is 4.79 Å². The molecule has 1 atom stereocenters. The molecule has 0 aromatic carbocycles. The molecule has 6 nitrogen and oxygen atoms in total. The average molecular weight is 240 g/mol. The van der Waals surface area contributed by atoms with Crippen LogP contribution in [-0.2, 0) is 14.9 Å². The van der Waals surface area contributed by atoms with E-state index in [0.29, 0.717) is 5.82 Å². The van der Waals surface area contributed by atoms with Crippen molar-refractivity contribution in [2.45, 2.75) is 32.3 Å². The summed E-state index contributed by atoms with van der Waals surface area (Å²) in [6, 6.07) is 1.81. The van der Waals surface area contributed by atoms with Gasteiger partial charge < -0.3 is 15.8 Å². The van der Waals surface area contributed by atoms with Crippen LogP contribution in [0.5, 0.6) is 0 Å². The van der Waals surface area contributed by atoms with Crippen LogP contribution in [0.4, 0.5) is 5.82 Å². The molecule has 6 heteroatoms. The zero-order chi connectivity index (χ0) is 13.1. The van der Waals surface area contributed by atoms with E-state index in [0.717, 1.165) is 5.69 Å². The summed E-state index contributed by atoms with van der Waals surface area (Å²) >= 11 is 0. The molecular formula is C11H20N4O2. The number of carbonyl (C=O) groups is 1. The summed E-state index contributed by atoms with van der Waals surface area (Å²) in [7, 11) is 1.45. The van der Waals surface area contributed by atoms with Crippen molar-refractivity contribution in [3.05, 3.63) is 11.8 Å². The van der Waals surface area contributed by atoms with Crippen molar-refractivity contribution in [1.82, 2.24) is 10.2 Å². The molecule has 1 heterocycles. The number of nitrogens with two attached hydrogens (primary N) is 1. The fourth-order valence-electron chi connectivity index (χ4n) is 1.29. The molecule has 0 saturated carbocycles. The molecule has 0 radical (unpaired) electrons. The smallest absolute Gasteiger partial charge is 0.256 e. The standard InChI is InChI=1S/C11H20N4O2/c1-11(2,3)8-5-9(15-14-8)13-10(16)7(6-12)17-4/h5,7H,6,12H2,1-4H3,(H2,13,14,15,16). The zero-order valence-electron chi connectivity index (χ0n) is 10.7. The number of carbonyl (C=O) groups excluding carboxylic acids is 1. The van der Waals surface area contributed by atoms with Crippen LogP contribution in [0.25, 0.3) is 0 Å². The zero-order valence-corrected chi connectivity index (χ0v) is 10.7. The molecule has 1 unspecified atom stereocenters. The normalized spacial score (nSPS) is 13.5. The van der Waals surface area contributed by atoms with Crippen LogP contribution >= 0.6 is 0 Å². The van der Waals surface area contributed by atoms with Crippen LogP contribution in [-0.4, -0.2) is 35.9 Å². The predicted octanol–water partition coefficient (Wildman–Crippen LogP) is 0.619. The lowest BCUT2D eigenvalue weighted by Gasteiger charge is -2.14. The summed E-state index contributed by atoms with van der Waals surface area (Å²) in [6.07, 6.45) is -0.648. The largest absolute Gasteiger partial charge is 0.370 e. The van der Waals surface area contributed by atoms with Crippen LogP contribution in [0.15, 0.2) is 6.07 Å². The molecule has 1 aromatic heterocycles. The fraction of sp³-hybridized carbons (Fsp3) is 0.636. The number of methoxy groups -OCH3 is 1. The highest BCUT2D eigenvalue weighted by Gasteiger charge is 2.20. The van der Waals surface area contributed by atoms with E-state index in [1.807, 2.05) is 0 Å². The number of hydrogen-bond donors (Lipinski definition) is 3. The summed E-state index contributed by atoms with van der Waals surface area (Å²) in [5.41, 5.74) is 6.31. The van der Waals surface area contributed by atoms with Crippen molar-refractivity contribution >= 4 is 11.7 Å². The molecule has 4 N–H and O–H groups in total. The van der Waals surface area contributed by atoms with Gasteiger partial charge in [-0.3, -0.25) is 9.89 Å². The highest BCUT2D eigenvalue weighted by atomic mass is 16.5. The molecule has 0 bridgehead atoms. The number of amides is 1. The topological polar surface area (TPSA) is 93.0 Å². The van der Waals surface area contributed by atoms with Gasteiger partial charge in [0.2, 0.25) is 0 Å². The van der Waals surface area contributed by atoms with Crippen molar-refractivity contribution in [2.75, 3.05) is 19.0 Å². The number of rotatable bonds is 4. The minimum absolute atomic E-state index is 0.0372. The van der Waals surface area contributed by atoms with Gasteiger partial charge in [0, 0.05) is 30.8 Å². The summed E-state index contributed by atoms with van der Waals surface area (Å²) in [5.74, 6) is 0.192. The number of anilines is 1. The number of ether oxygens (including phenoxy) is 1. The summed E-state index contributed by atoms with van der Waals surface area (Å²) in [6.45, 7) is 6.32. The second-order valence-corrected chi connectivity index (χ2v) is 4.87. The third-order valence-corrected chi connectivity index (χ3v) is 2.43. The van der Waals surface area contributed by atoms with Crippen molar-refractivity contribution in [1.29, 1.82) is 0 Å². The third-order valence-electron chi connectivity index (χ3n) is 2.43. The van der Waals surface area contributed by atoms with Gasteiger partial charge in [-0.25, -0.2) is 0 Å². The quantitative estimate of drug-likeness (QED) is 0.719. The minimum Gasteiger partial charge on any atom is -0.370 e. The van der Waals surface area contributed by atoms with Crippen LogP contribution in [0.2, 0.25) is 0 Å². The minimum atomic E-state index is -0.648. The van der Waals surface area contributed by atoms with Crippen molar-refractivity contribution < 1.29 is 9.53 Å². The maximum atomic E-state index is 11.7. The molecule has 96 valence electrons. The Kier molecular flexibility index (Phi) is 4.25. The highest BCUT2D eigenvalue weighted by Crippen LogP contribution is 2.21. The molecule has 1 amide bonds. The first-order chi connectivity index (χ1) is 7.88. The fourth-order valence-corrected chi connectivity index (χ4v) is 1.29. The van der Waals surface area contributed by atoms with Gasteiger partial charge in [0.25, 0.3) is 5.91 Å². The van der Waals surface area contributed by atoms with E-state index < -0.39 is 6.10 Å². The van der Waals surface area contributed by atoms with Gasteiger partial charge in [-0.05, 0) is 0 Å². The van der Waals surface area contributed by atoms with Crippen LogP contribution < -0.4 is 11.1 Å². The Labute approximate surface area is 101 Å². The average Bonchev–Trinajstić information content (AvgIpc) is 2.67. The van der Waals surface area contributed by atoms with Gasteiger partial charge >= 0.3 is 0 Å². The first-order valence-corrected chi connectivity index (χ1v) is 5.48. The highest BCUT2D eigenvalue weighted by molar-refractivity contribution is 5.93. The van der Waals surface area contributed by atoms with Gasteiger partial charge in [-0.1, -0.05) is 20.8 Å². The first-order valence-electron chi connectivity index (χ1n) is 5.48. The van der Waals surface area contributed by atoms with Crippen molar-refractivity contribution in [3.63, 3.8) is 0 Å². The molecule has 0 spiro atoms. The Hall–Kier alpha value is -1.40. The van der Waals surface area contributed by atoms with Crippen molar-refractivity contribution in [3.8, 4) is 0 Å². The number of nitrogens with one attached hydrogen (secondary N) is 2. The maximum absolute atomic E-state index is 11.7. The van der Waals surface area contributed by atoms with E-state index in [1.165, 1.54) is 7.11 Å². The molecule has 0 saturated heterocycles. The molecule has 0 fully saturated rings. The number of hydrogen-bond acceptors (Lipinski definition) is 4. The number of nitrogens with zero attached hydrogens (tertiary/aromatic N) is 1. The van der Waals surface area contributed by atoms with Gasteiger partial charge in [0.1, 0.15) is 6.10 Å². The second-order valence-electron chi connectivity index (χ2n) is 4.87. The lowest BCUT2D eigenvalue weighted by molar-refractivity contribution is -0.125. The van der Waals surface area contributed by atoms with Gasteiger partial charge in [-0.15, -0.1) is 0 Å². The maximum Gasteiger partial charge on any atom is 0.256 e. The van der Waals surface area contributed by atoms with E-state index in [2.05, 4.69) is 36.3 Å². The Balaban J connectivity index is 2.70. The first kappa shape index (κ1) is 13.7. The molecule has 1 rings (SSSR count). The second kappa shape index (κ2) is 5.29. The molecule has 17 heavy (non-hydrogen) atoms. The van der Waals surface area contributed by atoms with Crippen LogP contribution in [0.3, 0.4) is 0 Å². The Morgan fingerprint density at radius 2 is 2.29 bits per heavy atom. The number of H-pyrrole nitrogens is 1. The molecular weight excluding hydrogens is 220 g/mol. The van der Waals surface area contributed by atoms with E-state index in [-0.39, 0.29) is 17.9 Å². The summed E-state index contributed by atoms with van der Waals surface area (Å²) in [5, 5.41) is 9.56. The summed E-state index contributed by atoms with van der Waals surface area (Å²) < 4.78 is 4.93. The van der Waals surface area contributed by atoms with E-state index in [1.54, 1.807) is 6.07 Å². The van der Waals surface area contributed by atoms with Crippen LogP contribution in [0.1, 0.15) is 26.5 Å². The van der Waals surface area contributed by atoms with E-state index >= 15 is 0 Å². The van der Waals surface area contributed by atoms with Crippen LogP contribution in [0, 0.1) is 0 Å². The molecule has 1 aromatic rings. The molecule has 0 aliphatic carbocycles. The Morgan fingerprint density at radius 3 is 2.71 bits per heavy atom. The number of aromatic amines is 1. The lowest BCUT2D eigenvalue weighted by Crippen LogP contribution is -2.36. The third kappa shape index (κ3) is 3.54. The lowest BCUT2D eigenvalue weighted by atomic mass is 9.92. The summed E-state index contributed by atoms with van der Waals surface area (Å²) in [4.78, 5) is 11.7.